The van der Waals surface area contributed by atoms with Gasteiger partial charge in [0.1, 0.15) is 11.6 Å². The molecule has 1 fully saturated rings. The molecule has 0 unspecified atom stereocenters. The monoisotopic (exact) mass is 335 g/mol. The fourth-order valence-electron chi connectivity index (χ4n) is 3.97. The number of imidazole rings is 1. The first kappa shape index (κ1) is 16.2. The van der Waals surface area contributed by atoms with E-state index in [2.05, 4.69) is 58.8 Å². The number of hydrogen-bond acceptors (Lipinski definition) is 3. The average molecular weight is 335 g/mol. The van der Waals surface area contributed by atoms with Crippen LogP contribution in [0.4, 0.5) is 0 Å². The summed E-state index contributed by atoms with van der Waals surface area (Å²) in [6.45, 7) is 5.28. The molecule has 0 N–H and O–H groups in total. The van der Waals surface area contributed by atoms with Crippen LogP contribution >= 0.6 is 0 Å². The molecule has 0 radical (unpaired) electrons. The van der Waals surface area contributed by atoms with Crippen molar-refractivity contribution in [2.45, 2.75) is 32.2 Å². The molecular weight excluding hydrogens is 310 g/mol. The molecule has 3 aromatic rings. The quantitative estimate of drug-likeness (QED) is 0.721. The van der Waals surface area contributed by atoms with E-state index in [0.717, 1.165) is 31.2 Å². The van der Waals surface area contributed by atoms with Gasteiger partial charge in [-0.25, -0.2) is 4.98 Å². The predicted molar refractivity (Wildman–Crippen MR) is 100 cm³/mol. The van der Waals surface area contributed by atoms with E-state index in [1.54, 1.807) is 7.11 Å². The summed E-state index contributed by atoms with van der Waals surface area (Å²) >= 11 is 0. The lowest BCUT2D eigenvalue weighted by atomic mass is 9.93. The number of rotatable bonds is 4. The molecule has 4 rings (SSSR count). The van der Waals surface area contributed by atoms with Crippen LogP contribution in [0.15, 0.2) is 48.7 Å². The van der Waals surface area contributed by atoms with Gasteiger partial charge >= 0.3 is 0 Å². The third-order valence-electron chi connectivity index (χ3n) is 5.19. The zero-order valence-corrected chi connectivity index (χ0v) is 15.0. The molecule has 4 heteroatoms. The largest absolute Gasteiger partial charge is 0.497 e. The van der Waals surface area contributed by atoms with Crippen molar-refractivity contribution in [1.29, 1.82) is 0 Å². The summed E-state index contributed by atoms with van der Waals surface area (Å²) in [5.41, 5.74) is 3.83. The van der Waals surface area contributed by atoms with Gasteiger partial charge in [-0.3, -0.25) is 4.90 Å². The average Bonchev–Trinajstić information content (AvgIpc) is 2.99. The van der Waals surface area contributed by atoms with Crippen molar-refractivity contribution in [2.75, 3.05) is 20.2 Å². The number of aromatic nitrogens is 2. The van der Waals surface area contributed by atoms with Crippen LogP contribution in [-0.2, 0) is 6.54 Å². The Labute approximate surface area is 149 Å². The molecule has 130 valence electrons. The second-order valence-electron chi connectivity index (χ2n) is 6.93. The third kappa shape index (κ3) is 3.27. The molecule has 0 amide bonds. The van der Waals surface area contributed by atoms with Gasteiger partial charge in [0.05, 0.1) is 18.3 Å². The number of nitrogens with zero attached hydrogens (tertiary/aromatic N) is 3. The number of benzene rings is 1. The summed E-state index contributed by atoms with van der Waals surface area (Å²) in [7, 11) is 1.72. The molecular formula is C21H25N3O. The summed E-state index contributed by atoms with van der Waals surface area (Å²) < 4.78 is 7.56. The molecule has 1 aromatic carbocycles. The zero-order valence-electron chi connectivity index (χ0n) is 15.0. The van der Waals surface area contributed by atoms with E-state index in [0.29, 0.717) is 5.92 Å². The Morgan fingerprint density at radius 3 is 3.00 bits per heavy atom. The van der Waals surface area contributed by atoms with Crippen molar-refractivity contribution in [3.63, 3.8) is 0 Å². The minimum absolute atomic E-state index is 0.505. The number of pyridine rings is 1. The number of methoxy groups -OCH3 is 1. The van der Waals surface area contributed by atoms with Crippen LogP contribution in [0.3, 0.4) is 0 Å². The van der Waals surface area contributed by atoms with E-state index in [4.69, 9.17) is 9.72 Å². The van der Waals surface area contributed by atoms with Gasteiger partial charge in [0.25, 0.3) is 0 Å². The van der Waals surface area contributed by atoms with Crippen LogP contribution in [0.1, 0.15) is 35.8 Å². The Bertz CT molecular complexity index is 870. The van der Waals surface area contributed by atoms with Crippen molar-refractivity contribution in [2.24, 2.45) is 0 Å². The molecule has 1 saturated heterocycles. The molecule has 1 aliphatic rings. The fourth-order valence-corrected chi connectivity index (χ4v) is 3.97. The molecule has 2 aromatic heterocycles. The van der Waals surface area contributed by atoms with E-state index in [9.17, 15) is 0 Å². The summed E-state index contributed by atoms with van der Waals surface area (Å²) in [6, 6.07) is 14.8. The molecule has 0 bridgehead atoms. The summed E-state index contributed by atoms with van der Waals surface area (Å²) in [4.78, 5) is 7.45. The minimum atomic E-state index is 0.505. The zero-order chi connectivity index (χ0) is 17.2. The summed E-state index contributed by atoms with van der Waals surface area (Å²) in [5, 5.41) is 0. The van der Waals surface area contributed by atoms with Crippen molar-refractivity contribution in [3.8, 4) is 5.75 Å². The maximum atomic E-state index is 5.35. The smallest absolute Gasteiger partial charge is 0.119 e. The minimum Gasteiger partial charge on any atom is -0.497 e. The second kappa shape index (κ2) is 6.89. The fraction of sp³-hybridized carbons (Fsp3) is 0.381. The van der Waals surface area contributed by atoms with Crippen LogP contribution in [0.25, 0.3) is 5.52 Å². The lowest BCUT2D eigenvalue weighted by Gasteiger charge is -2.32. The van der Waals surface area contributed by atoms with E-state index in [1.165, 1.54) is 29.6 Å². The highest BCUT2D eigenvalue weighted by Crippen LogP contribution is 2.30. The standard InChI is InChI=1S/C21H25N3O/c1-16-22-21(20-10-3-4-12-24(16)20)18-8-6-11-23(15-18)14-17-7-5-9-19(13-17)25-2/h3-5,7,9-10,12-13,18H,6,8,11,14-15H2,1-2H3/t18-/m0/s1. The van der Waals surface area contributed by atoms with E-state index in [1.807, 2.05) is 6.07 Å². The summed E-state index contributed by atoms with van der Waals surface area (Å²) in [5.74, 6) is 2.52. The molecule has 25 heavy (non-hydrogen) atoms. The number of likely N-dealkylation sites (tertiary alicyclic amines) is 1. The number of aryl methyl sites for hydroxylation is 1. The first-order chi connectivity index (χ1) is 12.2. The normalized spacial score (nSPS) is 18.6. The lowest BCUT2D eigenvalue weighted by Crippen LogP contribution is -2.34. The SMILES string of the molecule is COc1cccc(CN2CCC[C@H](c3nc(C)n4ccccc34)C2)c1. The Kier molecular flexibility index (Phi) is 4.45. The Morgan fingerprint density at radius 1 is 1.20 bits per heavy atom. The van der Waals surface area contributed by atoms with Gasteiger partial charge in [-0.05, 0) is 56.1 Å². The number of ether oxygens (including phenoxy) is 1. The predicted octanol–water partition coefficient (Wildman–Crippen LogP) is 4.03. The third-order valence-corrected chi connectivity index (χ3v) is 5.19. The number of fused-ring (bicyclic) bond motifs is 1. The van der Waals surface area contributed by atoms with Gasteiger partial charge in [0.2, 0.25) is 0 Å². The number of hydrogen-bond donors (Lipinski definition) is 0. The highest BCUT2D eigenvalue weighted by molar-refractivity contribution is 5.54. The maximum absolute atomic E-state index is 5.35. The first-order valence-corrected chi connectivity index (χ1v) is 9.03. The topological polar surface area (TPSA) is 29.8 Å². The molecule has 3 heterocycles. The Hall–Kier alpha value is -2.33. The van der Waals surface area contributed by atoms with Gasteiger partial charge in [-0.2, -0.15) is 0 Å². The molecule has 1 atom stereocenters. The Balaban J connectivity index is 1.54. The van der Waals surface area contributed by atoms with Gasteiger partial charge in [0.15, 0.2) is 0 Å². The Morgan fingerprint density at radius 2 is 2.12 bits per heavy atom. The van der Waals surface area contributed by atoms with Crippen molar-refractivity contribution < 1.29 is 4.74 Å². The molecule has 4 nitrogen and oxygen atoms in total. The van der Waals surface area contributed by atoms with Crippen LogP contribution < -0.4 is 4.74 Å². The molecule has 0 saturated carbocycles. The highest BCUT2D eigenvalue weighted by Gasteiger charge is 2.25. The molecule has 0 aliphatic carbocycles. The van der Waals surface area contributed by atoms with Gasteiger partial charge in [-0.15, -0.1) is 0 Å². The van der Waals surface area contributed by atoms with Crippen molar-refractivity contribution >= 4 is 5.52 Å². The van der Waals surface area contributed by atoms with Gasteiger partial charge in [0, 0.05) is 25.2 Å². The van der Waals surface area contributed by atoms with Crippen molar-refractivity contribution in [3.05, 3.63) is 65.7 Å². The maximum Gasteiger partial charge on any atom is 0.119 e. The molecule has 0 spiro atoms. The highest BCUT2D eigenvalue weighted by atomic mass is 16.5. The second-order valence-corrected chi connectivity index (χ2v) is 6.93. The number of piperidine rings is 1. The van der Waals surface area contributed by atoms with Gasteiger partial charge < -0.3 is 9.14 Å². The van der Waals surface area contributed by atoms with Crippen LogP contribution in [0, 0.1) is 6.92 Å². The van der Waals surface area contributed by atoms with Crippen molar-refractivity contribution in [1.82, 2.24) is 14.3 Å². The van der Waals surface area contributed by atoms with Gasteiger partial charge in [-0.1, -0.05) is 18.2 Å². The van der Waals surface area contributed by atoms with Crippen LogP contribution in [0.5, 0.6) is 5.75 Å². The summed E-state index contributed by atoms with van der Waals surface area (Å²) in [6.07, 6.45) is 4.55. The van der Waals surface area contributed by atoms with E-state index >= 15 is 0 Å². The van der Waals surface area contributed by atoms with Crippen LogP contribution in [-0.4, -0.2) is 34.5 Å². The first-order valence-electron chi connectivity index (χ1n) is 9.03. The molecule has 1 aliphatic heterocycles. The van der Waals surface area contributed by atoms with Crippen LogP contribution in [0.2, 0.25) is 0 Å². The lowest BCUT2D eigenvalue weighted by molar-refractivity contribution is 0.199. The van der Waals surface area contributed by atoms with E-state index < -0.39 is 0 Å². The van der Waals surface area contributed by atoms with E-state index in [-0.39, 0.29) is 0 Å².